The molecule has 2 aromatic rings. The molecule has 0 aliphatic heterocycles. The minimum Gasteiger partial charge on any atom is -0.383 e. The lowest BCUT2D eigenvalue weighted by atomic mass is 10.0. The van der Waals surface area contributed by atoms with Crippen LogP contribution in [0, 0.1) is 6.92 Å². The van der Waals surface area contributed by atoms with E-state index in [0.717, 1.165) is 11.1 Å². The molecule has 130 valence electrons. The van der Waals surface area contributed by atoms with Gasteiger partial charge in [-0.1, -0.05) is 29.8 Å². The molecule has 2 rings (SSSR count). The first-order valence-corrected chi connectivity index (χ1v) is 7.52. The van der Waals surface area contributed by atoms with Crippen LogP contribution in [0.25, 0.3) is 11.1 Å². The second-order valence-corrected chi connectivity index (χ2v) is 5.64. The molecule has 6 heteroatoms. The molecular formula is C18H24ClN3O2. The van der Waals surface area contributed by atoms with Crippen LogP contribution in [-0.4, -0.2) is 25.7 Å². The molecule has 0 saturated carbocycles. The molecule has 0 fully saturated rings. The summed E-state index contributed by atoms with van der Waals surface area (Å²) >= 11 is 0. The Bertz CT molecular complexity index is 674. The van der Waals surface area contributed by atoms with E-state index in [-0.39, 0.29) is 24.4 Å². The lowest BCUT2D eigenvalue weighted by Crippen LogP contribution is -2.35. The van der Waals surface area contributed by atoms with Crippen molar-refractivity contribution in [3.8, 4) is 11.1 Å². The van der Waals surface area contributed by atoms with E-state index in [0.29, 0.717) is 17.9 Å². The molecule has 0 aliphatic carbocycles. The van der Waals surface area contributed by atoms with Gasteiger partial charge < -0.3 is 15.5 Å². The molecule has 4 N–H and O–H groups in total. The van der Waals surface area contributed by atoms with Gasteiger partial charge in [0.2, 0.25) is 0 Å². The van der Waals surface area contributed by atoms with Gasteiger partial charge in [-0.05, 0) is 43.2 Å². The van der Waals surface area contributed by atoms with E-state index in [4.69, 9.17) is 10.6 Å². The standard InChI is InChI=1S/C18H23N3O2.ClH/c1-12-4-6-14(7-5-12)15-8-16(10-17(9-15)21-19)18(22)20-13(2)11-23-3;/h4-10,13,21H,11,19H2,1-3H3,(H,20,22);1H. The fraction of sp³-hybridized carbons (Fsp3) is 0.278. The molecule has 0 bridgehead atoms. The number of ether oxygens (including phenoxy) is 1. The van der Waals surface area contributed by atoms with E-state index >= 15 is 0 Å². The summed E-state index contributed by atoms with van der Waals surface area (Å²) < 4.78 is 5.04. The van der Waals surface area contributed by atoms with Crippen molar-refractivity contribution in [3.63, 3.8) is 0 Å². The number of nitrogens with two attached hydrogens (primary N) is 1. The van der Waals surface area contributed by atoms with Crippen molar-refractivity contribution < 1.29 is 9.53 Å². The number of hydrazine groups is 1. The zero-order valence-electron chi connectivity index (χ0n) is 14.1. The van der Waals surface area contributed by atoms with E-state index in [2.05, 4.69) is 10.7 Å². The van der Waals surface area contributed by atoms with Crippen LogP contribution in [0.5, 0.6) is 0 Å². The molecule has 2 aromatic carbocycles. The summed E-state index contributed by atoms with van der Waals surface area (Å²) in [6.07, 6.45) is 0. The van der Waals surface area contributed by atoms with Gasteiger partial charge in [-0.15, -0.1) is 12.4 Å². The maximum absolute atomic E-state index is 12.4. The number of methoxy groups -OCH3 is 1. The molecule has 24 heavy (non-hydrogen) atoms. The second kappa shape index (κ2) is 9.27. The van der Waals surface area contributed by atoms with Crippen molar-refractivity contribution in [2.45, 2.75) is 19.9 Å². The molecule has 0 aliphatic rings. The third kappa shape index (κ3) is 5.23. The maximum atomic E-state index is 12.4. The first kappa shape index (κ1) is 20.0. The molecule has 0 radical (unpaired) electrons. The Balaban J connectivity index is 0.00000288. The number of halogens is 1. The number of amides is 1. The van der Waals surface area contributed by atoms with Gasteiger partial charge in [0.15, 0.2) is 0 Å². The first-order chi connectivity index (χ1) is 11.0. The van der Waals surface area contributed by atoms with Crippen LogP contribution in [0.2, 0.25) is 0 Å². The van der Waals surface area contributed by atoms with Crippen LogP contribution in [0.1, 0.15) is 22.8 Å². The smallest absolute Gasteiger partial charge is 0.251 e. The van der Waals surface area contributed by atoms with Gasteiger partial charge in [0.25, 0.3) is 5.91 Å². The average Bonchev–Trinajstić information content (AvgIpc) is 2.55. The topological polar surface area (TPSA) is 76.4 Å². The minimum absolute atomic E-state index is 0. The zero-order valence-corrected chi connectivity index (χ0v) is 14.9. The Morgan fingerprint density at radius 3 is 2.42 bits per heavy atom. The summed E-state index contributed by atoms with van der Waals surface area (Å²) in [4.78, 5) is 12.4. The highest BCUT2D eigenvalue weighted by Gasteiger charge is 2.12. The normalized spacial score (nSPS) is 11.3. The van der Waals surface area contributed by atoms with E-state index < -0.39 is 0 Å². The third-order valence-corrected chi connectivity index (χ3v) is 3.54. The molecule has 0 aromatic heterocycles. The number of benzene rings is 2. The van der Waals surface area contributed by atoms with Gasteiger partial charge in [0.05, 0.1) is 6.61 Å². The Hall–Kier alpha value is -2.08. The number of hydrogen-bond donors (Lipinski definition) is 3. The predicted molar refractivity (Wildman–Crippen MR) is 100 cm³/mol. The van der Waals surface area contributed by atoms with Gasteiger partial charge in [-0.2, -0.15) is 0 Å². The number of nitrogens with one attached hydrogen (secondary N) is 2. The fourth-order valence-electron chi connectivity index (χ4n) is 2.35. The summed E-state index contributed by atoms with van der Waals surface area (Å²) in [7, 11) is 1.61. The first-order valence-electron chi connectivity index (χ1n) is 7.52. The quantitative estimate of drug-likeness (QED) is 0.553. The van der Waals surface area contributed by atoms with Crippen LogP contribution >= 0.6 is 12.4 Å². The monoisotopic (exact) mass is 349 g/mol. The number of rotatable bonds is 6. The van der Waals surface area contributed by atoms with Crippen LogP contribution < -0.4 is 16.6 Å². The predicted octanol–water partition coefficient (Wildman–Crippen LogP) is 3.13. The zero-order chi connectivity index (χ0) is 16.8. The molecule has 1 atom stereocenters. The Morgan fingerprint density at radius 2 is 1.83 bits per heavy atom. The van der Waals surface area contributed by atoms with Crippen LogP contribution in [0.3, 0.4) is 0 Å². The largest absolute Gasteiger partial charge is 0.383 e. The summed E-state index contributed by atoms with van der Waals surface area (Å²) in [5.41, 5.74) is 7.02. The highest BCUT2D eigenvalue weighted by atomic mass is 35.5. The maximum Gasteiger partial charge on any atom is 0.251 e. The number of aryl methyl sites for hydroxylation is 1. The molecule has 5 nitrogen and oxygen atoms in total. The van der Waals surface area contributed by atoms with Gasteiger partial charge in [0, 0.05) is 24.4 Å². The molecule has 0 heterocycles. The van der Waals surface area contributed by atoms with Crippen molar-refractivity contribution >= 4 is 24.0 Å². The van der Waals surface area contributed by atoms with E-state index in [1.807, 2.05) is 50.2 Å². The fourth-order valence-corrected chi connectivity index (χ4v) is 2.35. The number of carbonyl (C=O) groups excluding carboxylic acids is 1. The van der Waals surface area contributed by atoms with Crippen molar-refractivity contribution in [1.82, 2.24) is 5.32 Å². The summed E-state index contributed by atoms with van der Waals surface area (Å²) in [6, 6.07) is 13.6. The van der Waals surface area contributed by atoms with Crippen LogP contribution in [0.4, 0.5) is 5.69 Å². The van der Waals surface area contributed by atoms with E-state index in [9.17, 15) is 4.79 Å². The number of nitrogen functional groups attached to an aromatic ring is 1. The molecular weight excluding hydrogens is 326 g/mol. The highest BCUT2D eigenvalue weighted by Crippen LogP contribution is 2.25. The van der Waals surface area contributed by atoms with Crippen molar-refractivity contribution in [1.29, 1.82) is 0 Å². The lowest BCUT2D eigenvalue weighted by Gasteiger charge is -2.14. The highest BCUT2D eigenvalue weighted by molar-refractivity contribution is 5.97. The molecule has 0 saturated heterocycles. The molecule has 1 amide bonds. The third-order valence-electron chi connectivity index (χ3n) is 3.54. The van der Waals surface area contributed by atoms with Gasteiger partial charge in [0.1, 0.15) is 0 Å². The van der Waals surface area contributed by atoms with Gasteiger partial charge in [-0.25, -0.2) is 0 Å². The van der Waals surface area contributed by atoms with E-state index in [1.165, 1.54) is 5.56 Å². The number of carbonyl (C=O) groups is 1. The minimum atomic E-state index is -0.153. The Morgan fingerprint density at radius 1 is 1.17 bits per heavy atom. The molecule has 1 unspecified atom stereocenters. The van der Waals surface area contributed by atoms with Crippen molar-refractivity contribution in [2.24, 2.45) is 5.84 Å². The summed E-state index contributed by atoms with van der Waals surface area (Å²) in [5.74, 6) is 5.38. The SMILES string of the molecule is COCC(C)NC(=O)c1cc(NN)cc(-c2ccc(C)cc2)c1.Cl. The van der Waals surface area contributed by atoms with Crippen LogP contribution in [-0.2, 0) is 4.74 Å². The van der Waals surface area contributed by atoms with Gasteiger partial charge in [-0.3, -0.25) is 10.6 Å². The molecule has 0 spiro atoms. The van der Waals surface area contributed by atoms with Gasteiger partial charge >= 0.3 is 0 Å². The Labute approximate surface area is 149 Å². The average molecular weight is 350 g/mol. The number of hydrogen-bond acceptors (Lipinski definition) is 4. The Kier molecular flexibility index (Phi) is 7.71. The van der Waals surface area contributed by atoms with Crippen molar-refractivity contribution in [2.75, 3.05) is 19.1 Å². The lowest BCUT2D eigenvalue weighted by molar-refractivity contribution is 0.0905. The summed E-state index contributed by atoms with van der Waals surface area (Å²) in [6.45, 7) is 4.40. The number of anilines is 1. The van der Waals surface area contributed by atoms with E-state index in [1.54, 1.807) is 13.2 Å². The van der Waals surface area contributed by atoms with Crippen molar-refractivity contribution in [3.05, 3.63) is 53.6 Å². The second-order valence-electron chi connectivity index (χ2n) is 5.64. The summed E-state index contributed by atoms with van der Waals surface area (Å²) in [5, 5.41) is 2.90. The van der Waals surface area contributed by atoms with Crippen LogP contribution in [0.15, 0.2) is 42.5 Å².